The molecule has 0 spiro atoms. The second-order valence-corrected chi connectivity index (χ2v) is 4.19. The summed E-state index contributed by atoms with van der Waals surface area (Å²) in [4.78, 5) is 22.5. The van der Waals surface area contributed by atoms with Gasteiger partial charge in [0, 0.05) is 12.0 Å². The molecule has 1 unspecified atom stereocenters. The van der Waals surface area contributed by atoms with E-state index in [0.717, 1.165) is 0 Å². The highest BCUT2D eigenvalue weighted by Gasteiger charge is 2.22. The Bertz CT molecular complexity index is 264. The van der Waals surface area contributed by atoms with Crippen LogP contribution in [0.5, 0.6) is 0 Å². The second-order valence-electron chi connectivity index (χ2n) is 3.66. The van der Waals surface area contributed by atoms with Gasteiger partial charge in [-0.2, -0.15) is 0 Å². The predicted octanol–water partition coefficient (Wildman–Crippen LogP) is 1.02. The van der Waals surface area contributed by atoms with Crippen molar-refractivity contribution in [3.05, 3.63) is 11.6 Å². The molecule has 0 saturated carbocycles. The Morgan fingerprint density at radius 1 is 1.40 bits per heavy atom. The Labute approximate surface area is 95.1 Å². The van der Waals surface area contributed by atoms with E-state index in [2.05, 4.69) is 17.2 Å². The Kier molecular flexibility index (Phi) is 6.01. The number of amides is 2. The van der Waals surface area contributed by atoms with E-state index >= 15 is 0 Å². The fourth-order valence-corrected chi connectivity index (χ4v) is 1.11. The molecule has 0 aromatic heterocycles. The van der Waals surface area contributed by atoms with Gasteiger partial charge in [0.2, 0.25) is 11.8 Å². The Hall–Kier alpha value is -1.03. The summed E-state index contributed by atoms with van der Waals surface area (Å²) in [5, 5.41) is 5.52. The first-order valence-electron chi connectivity index (χ1n) is 4.72. The molecule has 0 aromatic rings. The molecule has 5 heteroatoms. The summed E-state index contributed by atoms with van der Waals surface area (Å²) in [6, 6.07) is -0.529. The molecule has 1 atom stereocenters. The minimum absolute atomic E-state index is 0.0255. The van der Waals surface area contributed by atoms with E-state index < -0.39 is 6.04 Å². The van der Waals surface area contributed by atoms with Gasteiger partial charge in [0.1, 0.15) is 6.04 Å². The standard InChI is InChI=1S/C10H17ClN2O2/c1-6(2)9(13-8(4)14)10(15)12-5-7(3)11/h6,9H,3,5H2,1-2,4H3,(H,12,15)(H,13,14). The molecule has 0 aliphatic carbocycles. The van der Waals surface area contributed by atoms with Gasteiger partial charge in [0.05, 0.1) is 6.54 Å². The van der Waals surface area contributed by atoms with Crippen molar-refractivity contribution in [2.45, 2.75) is 26.8 Å². The number of hydrogen-bond acceptors (Lipinski definition) is 2. The third-order valence-electron chi connectivity index (χ3n) is 1.76. The first-order valence-corrected chi connectivity index (χ1v) is 5.10. The molecule has 0 heterocycles. The summed E-state index contributed by atoms with van der Waals surface area (Å²) in [5.74, 6) is -0.451. The smallest absolute Gasteiger partial charge is 0.243 e. The first kappa shape index (κ1) is 14.0. The van der Waals surface area contributed by atoms with Crippen molar-refractivity contribution >= 4 is 23.4 Å². The van der Waals surface area contributed by atoms with Crippen molar-refractivity contribution in [1.82, 2.24) is 10.6 Å². The van der Waals surface area contributed by atoms with E-state index in [0.29, 0.717) is 5.03 Å². The predicted molar refractivity (Wildman–Crippen MR) is 60.4 cm³/mol. The van der Waals surface area contributed by atoms with Crippen LogP contribution in [0.15, 0.2) is 11.6 Å². The molecular weight excluding hydrogens is 216 g/mol. The van der Waals surface area contributed by atoms with Crippen LogP contribution >= 0.6 is 11.6 Å². The van der Waals surface area contributed by atoms with E-state index in [1.807, 2.05) is 13.8 Å². The molecule has 0 aromatic carbocycles. The zero-order chi connectivity index (χ0) is 12.0. The first-order chi connectivity index (χ1) is 6.84. The van der Waals surface area contributed by atoms with Gasteiger partial charge in [-0.15, -0.1) is 0 Å². The molecular formula is C10H17ClN2O2. The molecule has 86 valence electrons. The van der Waals surface area contributed by atoms with Gasteiger partial charge >= 0.3 is 0 Å². The van der Waals surface area contributed by atoms with Gasteiger partial charge in [-0.05, 0) is 5.92 Å². The van der Waals surface area contributed by atoms with Gasteiger partial charge in [-0.1, -0.05) is 32.0 Å². The highest BCUT2D eigenvalue weighted by Crippen LogP contribution is 2.02. The van der Waals surface area contributed by atoms with Gasteiger partial charge in [-0.3, -0.25) is 9.59 Å². The van der Waals surface area contributed by atoms with Gasteiger partial charge in [-0.25, -0.2) is 0 Å². The van der Waals surface area contributed by atoms with Crippen LogP contribution in [0, 0.1) is 5.92 Å². The van der Waals surface area contributed by atoms with E-state index in [9.17, 15) is 9.59 Å². The fourth-order valence-electron chi connectivity index (χ4n) is 1.05. The summed E-state index contributed by atoms with van der Waals surface area (Å²) >= 11 is 5.52. The van der Waals surface area contributed by atoms with Gasteiger partial charge in [0.15, 0.2) is 0 Å². The maximum Gasteiger partial charge on any atom is 0.243 e. The Balaban J connectivity index is 4.29. The molecule has 4 nitrogen and oxygen atoms in total. The number of carbonyl (C=O) groups is 2. The van der Waals surface area contributed by atoms with Crippen molar-refractivity contribution in [3.8, 4) is 0 Å². The van der Waals surface area contributed by atoms with Crippen molar-refractivity contribution in [3.63, 3.8) is 0 Å². The maximum atomic E-state index is 11.6. The molecule has 0 bridgehead atoms. The average Bonchev–Trinajstić information content (AvgIpc) is 2.09. The third kappa shape index (κ3) is 6.12. The zero-order valence-corrected chi connectivity index (χ0v) is 10.0. The van der Waals surface area contributed by atoms with E-state index in [4.69, 9.17) is 11.6 Å². The number of nitrogens with one attached hydrogen (secondary N) is 2. The van der Waals surface area contributed by atoms with Crippen LogP contribution in [-0.4, -0.2) is 24.4 Å². The minimum Gasteiger partial charge on any atom is -0.349 e. The topological polar surface area (TPSA) is 58.2 Å². The van der Waals surface area contributed by atoms with Crippen LogP contribution in [-0.2, 0) is 9.59 Å². The lowest BCUT2D eigenvalue weighted by Crippen LogP contribution is -2.49. The third-order valence-corrected chi connectivity index (χ3v) is 1.90. The lowest BCUT2D eigenvalue weighted by molar-refractivity contribution is -0.129. The normalized spacial score (nSPS) is 12.1. The summed E-state index contributed by atoms with van der Waals surface area (Å²) in [6.07, 6.45) is 0. The summed E-state index contributed by atoms with van der Waals surface area (Å²) in [6.45, 7) is 8.76. The lowest BCUT2D eigenvalue weighted by Gasteiger charge is -2.20. The summed E-state index contributed by atoms with van der Waals surface area (Å²) < 4.78 is 0. The van der Waals surface area contributed by atoms with Crippen LogP contribution < -0.4 is 10.6 Å². The minimum atomic E-state index is -0.529. The molecule has 0 rings (SSSR count). The zero-order valence-electron chi connectivity index (χ0n) is 9.26. The second kappa shape index (κ2) is 6.45. The molecule has 0 fully saturated rings. The molecule has 2 N–H and O–H groups in total. The van der Waals surface area contributed by atoms with Crippen molar-refractivity contribution in [2.75, 3.05) is 6.54 Å². The van der Waals surface area contributed by atoms with Gasteiger partial charge in [0.25, 0.3) is 0 Å². The molecule has 0 aliphatic rings. The molecule has 0 aliphatic heterocycles. The van der Waals surface area contributed by atoms with E-state index in [1.165, 1.54) is 6.92 Å². The Morgan fingerprint density at radius 2 is 1.93 bits per heavy atom. The average molecular weight is 233 g/mol. The highest BCUT2D eigenvalue weighted by molar-refractivity contribution is 6.29. The van der Waals surface area contributed by atoms with Crippen molar-refractivity contribution < 1.29 is 9.59 Å². The summed E-state index contributed by atoms with van der Waals surface area (Å²) in [7, 11) is 0. The maximum absolute atomic E-state index is 11.6. The van der Waals surface area contributed by atoms with Gasteiger partial charge < -0.3 is 10.6 Å². The number of carbonyl (C=O) groups excluding carboxylic acids is 2. The lowest BCUT2D eigenvalue weighted by atomic mass is 10.0. The largest absolute Gasteiger partial charge is 0.349 e. The Morgan fingerprint density at radius 3 is 2.27 bits per heavy atom. The molecule has 0 radical (unpaired) electrons. The SMILES string of the molecule is C=C(Cl)CNC(=O)C(NC(C)=O)C(C)C. The molecule has 15 heavy (non-hydrogen) atoms. The monoisotopic (exact) mass is 232 g/mol. The number of rotatable bonds is 5. The molecule has 0 saturated heterocycles. The molecule has 2 amide bonds. The summed E-state index contributed by atoms with van der Waals surface area (Å²) in [5.41, 5.74) is 0. The van der Waals surface area contributed by atoms with Crippen molar-refractivity contribution in [1.29, 1.82) is 0 Å². The van der Waals surface area contributed by atoms with E-state index in [-0.39, 0.29) is 24.3 Å². The quantitative estimate of drug-likeness (QED) is 0.744. The van der Waals surface area contributed by atoms with Crippen LogP contribution in [0.25, 0.3) is 0 Å². The van der Waals surface area contributed by atoms with Crippen LogP contribution in [0.1, 0.15) is 20.8 Å². The van der Waals surface area contributed by atoms with Crippen LogP contribution in [0.4, 0.5) is 0 Å². The van der Waals surface area contributed by atoms with Crippen LogP contribution in [0.2, 0.25) is 0 Å². The fraction of sp³-hybridized carbons (Fsp3) is 0.600. The van der Waals surface area contributed by atoms with E-state index in [1.54, 1.807) is 0 Å². The van der Waals surface area contributed by atoms with Crippen molar-refractivity contribution in [2.24, 2.45) is 5.92 Å². The highest BCUT2D eigenvalue weighted by atomic mass is 35.5. The number of hydrogen-bond donors (Lipinski definition) is 2. The van der Waals surface area contributed by atoms with Crippen LogP contribution in [0.3, 0.4) is 0 Å². The number of halogens is 1.